The molecule has 0 aromatic carbocycles. The Balaban J connectivity index is 2.08. The van der Waals surface area contributed by atoms with Crippen molar-refractivity contribution >= 4 is 6.21 Å². The molecule has 2 rings (SSSR count). The number of hydrogen-bond acceptors (Lipinski definition) is 6. The summed E-state index contributed by atoms with van der Waals surface area (Å²) in [4.78, 5) is 8.33. The summed E-state index contributed by atoms with van der Waals surface area (Å²) in [6, 6.07) is 4.79. The monoisotopic (exact) mass is 396 g/mol. The smallest absolute Gasteiger partial charge is 0.136 e. The fraction of sp³-hybridized carbons (Fsp3) is 0.609. The van der Waals surface area contributed by atoms with E-state index in [0.29, 0.717) is 17.5 Å². The minimum atomic E-state index is 0.289. The molecule has 1 fully saturated rings. The normalized spacial score (nSPS) is 22.1. The first-order valence-corrected chi connectivity index (χ1v) is 10.5. The van der Waals surface area contributed by atoms with Gasteiger partial charge in [0.1, 0.15) is 17.5 Å². The number of pyridine rings is 1. The first-order chi connectivity index (χ1) is 13.8. The largest absolute Gasteiger partial charge is 0.367 e. The van der Waals surface area contributed by atoms with Gasteiger partial charge in [-0.05, 0) is 55.1 Å². The van der Waals surface area contributed by atoms with Gasteiger partial charge in [-0.15, -0.1) is 0 Å². The fourth-order valence-corrected chi connectivity index (χ4v) is 3.93. The first-order valence-electron chi connectivity index (χ1n) is 10.5. The summed E-state index contributed by atoms with van der Waals surface area (Å²) >= 11 is 0. The molecule has 1 heterocycles. The van der Waals surface area contributed by atoms with Crippen LogP contribution in [0, 0.1) is 29.6 Å². The molecule has 1 aliphatic rings. The molecule has 2 unspecified atom stereocenters. The van der Waals surface area contributed by atoms with Gasteiger partial charge in [0.25, 0.3) is 0 Å². The second-order valence-corrected chi connectivity index (χ2v) is 8.86. The zero-order valence-electron chi connectivity index (χ0n) is 18.8. The Bertz CT molecular complexity index is 774. The van der Waals surface area contributed by atoms with E-state index in [4.69, 9.17) is 0 Å². The molecule has 29 heavy (non-hydrogen) atoms. The van der Waals surface area contributed by atoms with Gasteiger partial charge < -0.3 is 5.32 Å². The van der Waals surface area contributed by atoms with Gasteiger partial charge in [-0.3, -0.25) is 15.0 Å². The van der Waals surface area contributed by atoms with E-state index in [0.717, 1.165) is 37.2 Å². The number of allylic oxidation sites excluding steroid dienone is 1. The topological polar surface area (TPSA) is 76.3 Å². The van der Waals surface area contributed by atoms with Gasteiger partial charge in [0.2, 0.25) is 0 Å². The molecule has 0 spiro atoms. The van der Waals surface area contributed by atoms with Crippen molar-refractivity contribution in [2.75, 3.05) is 20.6 Å². The summed E-state index contributed by atoms with van der Waals surface area (Å²) in [6.45, 7) is 9.82. The Hall–Kier alpha value is -2.39. The average molecular weight is 397 g/mol. The minimum Gasteiger partial charge on any atom is -0.367 e. The third kappa shape index (κ3) is 6.57. The predicted molar refractivity (Wildman–Crippen MR) is 119 cm³/mol. The van der Waals surface area contributed by atoms with Crippen molar-refractivity contribution < 1.29 is 0 Å². The molecule has 0 aliphatic heterocycles. The Labute approximate surface area is 176 Å². The van der Waals surface area contributed by atoms with Gasteiger partial charge in [0.15, 0.2) is 0 Å². The lowest BCUT2D eigenvalue weighted by atomic mass is 9.68. The lowest BCUT2D eigenvalue weighted by molar-refractivity contribution is 0.120. The van der Waals surface area contributed by atoms with Crippen LogP contribution in [-0.4, -0.2) is 42.9 Å². The lowest BCUT2D eigenvalue weighted by Crippen LogP contribution is -2.47. The van der Waals surface area contributed by atoms with E-state index < -0.39 is 0 Å². The molecule has 0 amide bonds. The van der Waals surface area contributed by atoms with Crippen molar-refractivity contribution in [2.45, 2.75) is 59.4 Å². The second-order valence-electron chi connectivity index (χ2n) is 8.86. The number of nitriles is 1. The Kier molecular flexibility index (Phi) is 8.21. The molecule has 1 aliphatic carbocycles. The van der Waals surface area contributed by atoms with Crippen LogP contribution in [0.2, 0.25) is 0 Å². The average Bonchev–Trinajstić information content (AvgIpc) is 2.67. The maximum Gasteiger partial charge on any atom is 0.136 e. The van der Waals surface area contributed by atoms with Crippen LogP contribution in [0.15, 0.2) is 34.8 Å². The van der Waals surface area contributed by atoms with Gasteiger partial charge >= 0.3 is 0 Å². The highest BCUT2D eigenvalue weighted by atomic mass is 15.5. The summed E-state index contributed by atoms with van der Waals surface area (Å²) in [5, 5.41) is 15.3. The van der Waals surface area contributed by atoms with Crippen LogP contribution < -0.4 is 10.7 Å². The summed E-state index contributed by atoms with van der Waals surface area (Å²) in [5.41, 5.74) is 6.60. The number of hydrazine groups is 1. The SMILES string of the molecule is C/N=C\C(C#N)=C(\NC1CCC(C)C(C)(C)C1)N(C)NCCc1cncc(C)c1. The lowest BCUT2D eigenvalue weighted by Gasteiger charge is -2.42. The van der Waals surface area contributed by atoms with Crippen LogP contribution in [0.4, 0.5) is 0 Å². The van der Waals surface area contributed by atoms with Crippen molar-refractivity contribution in [3.8, 4) is 6.07 Å². The van der Waals surface area contributed by atoms with Crippen LogP contribution in [0.3, 0.4) is 0 Å². The Morgan fingerprint density at radius 2 is 2.17 bits per heavy atom. The quantitative estimate of drug-likeness (QED) is 0.399. The Morgan fingerprint density at radius 3 is 2.79 bits per heavy atom. The van der Waals surface area contributed by atoms with E-state index in [9.17, 15) is 5.26 Å². The number of nitrogens with zero attached hydrogens (tertiary/aromatic N) is 4. The second kappa shape index (κ2) is 10.4. The zero-order valence-corrected chi connectivity index (χ0v) is 18.8. The van der Waals surface area contributed by atoms with E-state index >= 15 is 0 Å². The number of aliphatic imine (C=N–C) groups is 1. The van der Waals surface area contributed by atoms with Crippen LogP contribution in [0.1, 0.15) is 51.2 Å². The standard InChI is InChI=1S/C23H36N6/c1-17-11-19(15-26-14-17)9-10-27-29(6)22(20(13-24)16-25-5)28-21-8-7-18(2)23(3,4)12-21/h11,14-16,18,21,27-28H,7-10,12H2,1-6H3/b22-20-,25-16-. The molecule has 2 atom stereocenters. The summed E-state index contributed by atoms with van der Waals surface area (Å²) in [6.07, 6.45) is 9.65. The van der Waals surface area contributed by atoms with Gasteiger partial charge in [-0.1, -0.05) is 26.8 Å². The van der Waals surface area contributed by atoms with Crippen LogP contribution in [-0.2, 0) is 6.42 Å². The Morgan fingerprint density at radius 1 is 1.41 bits per heavy atom. The molecule has 1 saturated carbocycles. The summed E-state index contributed by atoms with van der Waals surface area (Å²) < 4.78 is 0. The van der Waals surface area contributed by atoms with Gasteiger partial charge in [-0.2, -0.15) is 5.26 Å². The van der Waals surface area contributed by atoms with Gasteiger partial charge in [-0.25, -0.2) is 5.43 Å². The molecule has 6 nitrogen and oxygen atoms in total. The third-order valence-corrected chi connectivity index (χ3v) is 6.06. The van der Waals surface area contributed by atoms with E-state index in [2.05, 4.69) is 60.5 Å². The van der Waals surface area contributed by atoms with E-state index in [1.54, 1.807) is 13.3 Å². The number of aromatic nitrogens is 1. The molecule has 1 aromatic heterocycles. The summed E-state index contributed by atoms with van der Waals surface area (Å²) in [5.74, 6) is 1.50. The fourth-order valence-electron chi connectivity index (χ4n) is 3.93. The van der Waals surface area contributed by atoms with Crippen LogP contribution in [0.25, 0.3) is 0 Å². The molecule has 0 bridgehead atoms. The van der Waals surface area contributed by atoms with Gasteiger partial charge in [0, 0.05) is 45.3 Å². The van der Waals surface area contributed by atoms with E-state index in [-0.39, 0.29) is 5.41 Å². The van der Waals surface area contributed by atoms with E-state index in [1.165, 1.54) is 12.0 Å². The predicted octanol–water partition coefficient (Wildman–Crippen LogP) is 3.61. The van der Waals surface area contributed by atoms with Crippen molar-refractivity contribution in [3.05, 3.63) is 41.0 Å². The molecule has 6 heteroatoms. The molecular formula is C23H36N6. The number of rotatable bonds is 8. The maximum absolute atomic E-state index is 9.68. The number of nitrogens with one attached hydrogen (secondary N) is 2. The molecule has 1 aromatic rings. The van der Waals surface area contributed by atoms with Gasteiger partial charge in [0.05, 0.1) is 0 Å². The summed E-state index contributed by atoms with van der Waals surface area (Å²) in [7, 11) is 3.65. The highest BCUT2D eigenvalue weighted by Crippen LogP contribution is 2.40. The van der Waals surface area contributed by atoms with Crippen LogP contribution >= 0.6 is 0 Å². The molecule has 0 saturated heterocycles. The van der Waals surface area contributed by atoms with E-state index in [1.807, 2.05) is 24.5 Å². The first kappa shape index (κ1) is 22.9. The highest BCUT2D eigenvalue weighted by molar-refractivity contribution is 5.84. The van der Waals surface area contributed by atoms with Crippen molar-refractivity contribution in [2.24, 2.45) is 16.3 Å². The highest BCUT2D eigenvalue weighted by Gasteiger charge is 2.34. The molecule has 2 N–H and O–H groups in total. The molecular weight excluding hydrogens is 360 g/mol. The maximum atomic E-state index is 9.68. The van der Waals surface area contributed by atoms with Crippen molar-refractivity contribution in [1.82, 2.24) is 20.7 Å². The molecule has 0 radical (unpaired) electrons. The third-order valence-electron chi connectivity index (χ3n) is 6.06. The number of aryl methyl sites for hydroxylation is 1. The number of hydrogen-bond donors (Lipinski definition) is 2. The van der Waals surface area contributed by atoms with Crippen molar-refractivity contribution in [3.63, 3.8) is 0 Å². The minimum absolute atomic E-state index is 0.289. The molecule has 158 valence electrons. The van der Waals surface area contributed by atoms with Crippen molar-refractivity contribution in [1.29, 1.82) is 5.26 Å². The zero-order chi connectivity index (χ0) is 21.4. The van der Waals surface area contributed by atoms with Crippen LogP contribution in [0.5, 0.6) is 0 Å².